The highest BCUT2D eigenvalue weighted by Gasteiger charge is 2.19. The molecule has 1 aromatic carbocycles. The van der Waals surface area contributed by atoms with Crippen molar-refractivity contribution in [1.29, 1.82) is 0 Å². The second-order valence-electron chi connectivity index (χ2n) is 4.99. The van der Waals surface area contributed by atoms with Gasteiger partial charge in [-0.1, -0.05) is 18.2 Å². The first-order valence-corrected chi connectivity index (χ1v) is 5.62. The number of carbonyl (C=O) groups excluding carboxylic acids is 1. The van der Waals surface area contributed by atoms with Crippen LogP contribution >= 0.6 is 0 Å². The average molecular weight is 228 g/mol. The highest BCUT2D eigenvalue weighted by atomic mass is 16.1. The van der Waals surface area contributed by atoms with E-state index in [4.69, 9.17) is 5.73 Å². The lowest BCUT2D eigenvalue weighted by molar-refractivity contribution is 0.0962. The molecule has 0 fully saturated rings. The lowest BCUT2D eigenvalue weighted by Crippen LogP contribution is -2.34. The smallest absolute Gasteiger partial charge is 0.165 e. The van der Waals surface area contributed by atoms with Crippen LogP contribution in [0.5, 0.6) is 0 Å². The first-order valence-electron chi connectivity index (χ1n) is 5.62. The first-order chi connectivity index (χ1) is 7.97. The van der Waals surface area contributed by atoms with E-state index in [0.717, 1.165) is 10.8 Å². The maximum absolute atomic E-state index is 12.2. The van der Waals surface area contributed by atoms with Gasteiger partial charge in [0.05, 0.1) is 0 Å². The zero-order chi connectivity index (χ0) is 12.5. The third-order valence-corrected chi connectivity index (χ3v) is 2.60. The summed E-state index contributed by atoms with van der Waals surface area (Å²) in [7, 11) is 0. The van der Waals surface area contributed by atoms with Crippen LogP contribution in [-0.2, 0) is 0 Å². The molecular formula is C14H16N2O. The summed E-state index contributed by atoms with van der Waals surface area (Å²) < 4.78 is 0. The third kappa shape index (κ3) is 2.68. The normalized spacial score (nSPS) is 11.7. The van der Waals surface area contributed by atoms with E-state index in [1.807, 2.05) is 38.1 Å². The summed E-state index contributed by atoms with van der Waals surface area (Å²) in [4.78, 5) is 16.2. The van der Waals surface area contributed by atoms with Gasteiger partial charge in [-0.2, -0.15) is 0 Å². The maximum Gasteiger partial charge on any atom is 0.165 e. The van der Waals surface area contributed by atoms with Gasteiger partial charge in [-0.05, 0) is 25.3 Å². The highest BCUT2D eigenvalue weighted by Crippen LogP contribution is 2.20. The molecule has 0 unspecified atom stereocenters. The van der Waals surface area contributed by atoms with Crippen molar-refractivity contribution in [3.63, 3.8) is 0 Å². The highest BCUT2D eigenvalue weighted by molar-refractivity contribution is 6.08. The van der Waals surface area contributed by atoms with Crippen molar-refractivity contribution in [1.82, 2.24) is 4.98 Å². The SMILES string of the molecule is CC(C)(N)CC(=O)c1cccc2ccncc12. The van der Waals surface area contributed by atoms with Gasteiger partial charge in [-0.15, -0.1) is 0 Å². The molecule has 0 aliphatic carbocycles. The number of hydrogen-bond acceptors (Lipinski definition) is 3. The fraction of sp³-hybridized carbons (Fsp3) is 0.286. The van der Waals surface area contributed by atoms with Crippen molar-refractivity contribution in [2.75, 3.05) is 0 Å². The number of Topliss-reactive ketones (excluding diaryl/α,β-unsaturated/α-hetero) is 1. The lowest BCUT2D eigenvalue weighted by atomic mass is 9.93. The van der Waals surface area contributed by atoms with Crippen LogP contribution in [0.25, 0.3) is 10.8 Å². The number of pyridine rings is 1. The van der Waals surface area contributed by atoms with E-state index in [0.29, 0.717) is 12.0 Å². The number of nitrogens with two attached hydrogens (primary N) is 1. The topological polar surface area (TPSA) is 56.0 Å². The summed E-state index contributed by atoms with van der Waals surface area (Å²) in [5.41, 5.74) is 6.10. The molecule has 0 aliphatic rings. The van der Waals surface area contributed by atoms with Gasteiger partial charge in [0, 0.05) is 35.3 Å². The number of rotatable bonds is 3. The molecule has 0 amide bonds. The molecular weight excluding hydrogens is 212 g/mol. The Morgan fingerprint density at radius 2 is 2.12 bits per heavy atom. The summed E-state index contributed by atoms with van der Waals surface area (Å²) in [6, 6.07) is 7.60. The Morgan fingerprint density at radius 1 is 1.35 bits per heavy atom. The van der Waals surface area contributed by atoms with Crippen molar-refractivity contribution in [2.45, 2.75) is 25.8 Å². The van der Waals surface area contributed by atoms with Crippen LogP contribution < -0.4 is 5.73 Å². The number of nitrogens with zero attached hydrogens (tertiary/aromatic N) is 1. The summed E-state index contributed by atoms with van der Waals surface area (Å²) in [5, 5.41) is 1.92. The molecule has 0 saturated carbocycles. The minimum atomic E-state index is -0.485. The van der Waals surface area contributed by atoms with E-state index < -0.39 is 5.54 Å². The van der Waals surface area contributed by atoms with Gasteiger partial charge in [-0.3, -0.25) is 9.78 Å². The van der Waals surface area contributed by atoms with Gasteiger partial charge < -0.3 is 5.73 Å². The Labute approximate surface area is 101 Å². The van der Waals surface area contributed by atoms with E-state index in [1.165, 1.54) is 0 Å². The van der Waals surface area contributed by atoms with E-state index in [-0.39, 0.29) is 5.78 Å². The predicted octanol–water partition coefficient (Wildman–Crippen LogP) is 2.54. The van der Waals surface area contributed by atoms with Gasteiger partial charge in [0.25, 0.3) is 0 Å². The Hall–Kier alpha value is -1.74. The molecule has 3 heteroatoms. The van der Waals surface area contributed by atoms with Crippen molar-refractivity contribution < 1.29 is 4.79 Å². The Balaban J connectivity index is 2.45. The average Bonchev–Trinajstić information content (AvgIpc) is 2.26. The molecule has 3 nitrogen and oxygen atoms in total. The van der Waals surface area contributed by atoms with Crippen LogP contribution in [0, 0.1) is 0 Å². The number of ketones is 1. The number of benzene rings is 1. The fourth-order valence-corrected chi connectivity index (χ4v) is 1.87. The number of carbonyl (C=O) groups is 1. The molecule has 0 aliphatic heterocycles. The lowest BCUT2D eigenvalue weighted by Gasteiger charge is -2.17. The number of fused-ring (bicyclic) bond motifs is 1. The van der Waals surface area contributed by atoms with Crippen molar-refractivity contribution in [2.24, 2.45) is 5.73 Å². The first kappa shape index (κ1) is 11.7. The maximum atomic E-state index is 12.2. The molecule has 17 heavy (non-hydrogen) atoms. The second kappa shape index (κ2) is 4.26. The molecule has 0 saturated heterocycles. The van der Waals surface area contributed by atoms with Crippen LogP contribution in [0.1, 0.15) is 30.6 Å². The molecule has 1 heterocycles. The van der Waals surface area contributed by atoms with E-state index in [2.05, 4.69) is 4.98 Å². The van der Waals surface area contributed by atoms with E-state index >= 15 is 0 Å². The van der Waals surface area contributed by atoms with Gasteiger partial charge >= 0.3 is 0 Å². The summed E-state index contributed by atoms with van der Waals surface area (Å²) in [6.45, 7) is 3.71. The number of aromatic nitrogens is 1. The summed E-state index contributed by atoms with van der Waals surface area (Å²) >= 11 is 0. The van der Waals surface area contributed by atoms with Crippen molar-refractivity contribution >= 4 is 16.6 Å². The second-order valence-corrected chi connectivity index (χ2v) is 4.99. The molecule has 0 radical (unpaired) electrons. The van der Waals surface area contributed by atoms with Crippen LogP contribution in [0.15, 0.2) is 36.7 Å². The van der Waals surface area contributed by atoms with Gasteiger partial charge in [0.15, 0.2) is 5.78 Å². The number of hydrogen-bond donors (Lipinski definition) is 1. The minimum Gasteiger partial charge on any atom is -0.325 e. The predicted molar refractivity (Wildman–Crippen MR) is 69.0 cm³/mol. The Morgan fingerprint density at radius 3 is 2.82 bits per heavy atom. The molecule has 2 rings (SSSR count). The molecule has 1 aromatic heterocycles. The van der Waals surface area contributed by atoms with E-state index in [9.17, 15) is 4.79 Å². The molecule has 88 valence electrons. The third-order valence-electron chi connectivity index (χ3n) is 2.60. The van der Waals surface area contributed by atoms with Crippen LogP contribution in [0.2, 0.25) is 0 Å². The van der Waals surface area contributed by atoms with Gasteiger partial charge in [-0.25, -0.2) is 0 Å². The fourth-order valence-electron chi connectivity index (χ4n) is 1.87. The zero-order valence-corrected chi connectivity index (χ0v) is 10.1. The van der Waals surface area contributed by atoms with Crippen molar-refractivity contribution in [3.05, 3.63) is 42.2 Å². The summed E-state index contributed by atoms with van der Waals surface area (Å²) in [6.07, 6.45) is 3.79. The van der Waals surface area contributed by atoms with Crippen LogP contribution in [0.3, 0.4) is 0 Å². The Kier molecular flexibility index (Phi) is 2.94. The quantitative estimate of drug-likeness (QED) is 0.821. The molecule has 2 N–H and O–H groups in total. The molecule has 0 atom stereocenters. The standard InChI is InChI=1S/C14H16N2O/c1-14(2,15)8-13(17)11-5-3-4-10-6-7-16-9-12(10)11/h3-7,9H,8,15H2,1-2H3. The minimum absolute atomic E-state index is 0.0658. The van der Waals surface area contributed by atoms with Crippen molar-refractivity contribution in [3.8, 4) is 0 Å². The molecule has 0 spiro atoms. The molecule has 0 bridgehead atoms. The van der Waals surface area contributed by atoms with Crippen LogP contribution in [-0.4, -0.2) is 16.3 Å². The van der Waals surface area contributed by atoms with E-state index in [1.54, 1.807) is 12.4 Å². The zero-order valence-electron chi connectivity index (χ0n) is 10.1. The van der Waals surface area contributed by atoms with Gasteiger partial charge in [0.1, 0.15) is 0 Å². The monoisotopic (exact) mass is 228 g/mol. The van der Waals surface area contributed by atoms with Crippen LogP contribution in [0.4, 0.5) is 0 Å². The largest absolute Gasteiger partial charge is 0.325 e. The summed E-state index contributed by atoms with van der Waals surface area (Å²) in [5.74, 6) is 0.0658. The Bertz CT molecular complexity index is 550. The molecule has 2 aromatic rings. The van der Waals surface area contributed by atoms with Gasteiger partial charge in [0.2, 0.25) is 0 Å².